The van der Waals surface area contributed by atoms with Gasteiger partial charge in [0.05, 0.1) is 26.6 Å². The number of esters is 1. The van der Waals surface area contributed by atoms with Gasteiger partial charge >= 0.3 is 5.97 Å². The van der Waals surface area contributed by atoms with Gasteiger partial charge in [-0.2, -0.15) is 0 Å². The quantitative estimate of drug-likeness (QED) is 0.380. The van der Waals surface area contributed by atoms with E-state index in [9.17, 15) is 4.79 Å². The van der Waals surface area contributed by atoms with Crippen LogP contribution in [0.25, 0.3) is 0 Å². The number of carbonyl (C=O) groups excluding carboxylic acids is 1. The SMILES string of the molecule is COc1ccc([C@H]2Oc3c(ccc(OC)c3OC)[C@@H](SCc3ccccc3)[C@H]2OC(C)=O)cc1. The number of hydrogen-bond acceptors (Lipinski definition) is 7. The molecule has 3 aromatic carbocycles. The molecule has 4 rings (SSSR count). The second-order valence-electron chi connectivity index (χ2n) is 7.82. The zero-order chi connectivity index (χ0) is 24.1. The van der Waals surface area contributed by atoms with E-state index in [0.29, 0.717) is 17.2 Å². The molecule has 0 spiro atoms. The summed E-state index contributed by atoms with van der Waals surface area (Å²) in [7, 11) is 4.81. The maximum absolute atomic E-state index is 12.2. The Balaban J connectivity index is 1.81. The van der Waals surface area contributed by atoms with Crippen molar-refractivity contribution in [1.29, 1.82) is 0 Å². The van der Waals surface area contributed by atoms with Crippen LogP contribution in [-0.2, 0) is 15.3 Å². The summed E-state index contributed by atoms with van der Waals surface area (Å²) >= 11 is 1.70. The van der Waals surface area contributed by atoms with Gasteiger partial charge in [-0.15, -0.1) is 11.8 Å². The summed E-state index contributed by atoms with van der Waals surface area (Å²) in [6.45, 7) is 1.42. The molecule has 0 unspecified atom stereocenters. The molecule has 7 heteroatoms. The molecule has 1 aliphatic heterocycles. The van der Waals surface area contributed by atoms with Crippen LogP contribution in [0.2, 0.25) is 0 Å². The highest BCUT2D eigenvalue weighted by Crippen LogP contribution is 2.55. The van der Waals surface area contributed by atoms with Crippen molar-refractivity contribution < 1.29 is 28.5 Å². The third-order valence-corrected chi connectivity index (χ3v) is 7.08. The summed E-state index contributed by atoms with van der Waals surface area (Å²) < 4.78 is 29.0. The van der Waals surface area contributed by atoms with Crippen molar-refractivity contribution in [2.75, 3.05) is 21.3 Å². The smallest absolute Gasteiger partial charge is 0.303 e. The summed E-state index contributed by atoms with van der Waals surface area (Å²) in [4.78, 5) is 12.2. The van der Waals surface area contributed by atoms with E-state index in [4.69, 9.17) is 23.7 Å². The molecule has 0 saturated carbocycles. The minimum Gasteiger partial charge on any atom is -0.497 e. The topological polar surface area (TPSA) is 63.2 Å². The van der Waals surface area contributed by atoms with Gasteiger partial charge in [0.25, 0.3) is 0 Å². The molecule has 0 amide bonds. The molecule has 1 heterocycles. The van der Waals surface area contributed by atoms with Crippen LogP contribution in [0.4, 0.5) is 0 Å². The Kier molecular flexibility index (Phi) is 7.53. The van der Waals surface area contributed by atoms with Crippen LogP contribution in [0.15, 0.2) is 66.7 Å². The second kappa shape index (κ2) is 10.7. The molecule has 0 aromatic heterocycles. The van der Waals surface area contributed by atoms with E-state index in [-0.39, 0.29) is 11.2 Å². The molecule has 0 bridgehead atoms. The van der Waals surface area contributed by atoms with Gasteiger partial charge in [0.15, 0.2) is 23.7 Å². The number of carbonyl (C=O) groups is 1. The van der Waals surface area contributed by atoms with Crippen molar-refractivity contribution in [3.63, 3.8) is 0 Å². The molecule has 0 N–H and O–H groups in total. The van der Waals surface area contributed by atoms with Gasteiger partial charge in [-0.05, 0) is 29.3 Å². The first-order chi connectivity index (χ1) is 16.5. The van der Waals surface area contributed by atoms with Gasteiger partial charge in [0.2, 0.25) is 5.75 Å². The Labute approximate surface area is 204 Å². The highest BCUT2D eigenvalue weighted by Gasteiger charge is 2.43. The average Bonchev–Trinajstić information content (AvgIpc) is 2.87. The fourth-order valence-electron chi connectivity index (χ4n) is 4.10. The minimum atomic E-state index is -0.551. The van der Waals surface area contributed by atoms with E-state index in [1.54, 1.807) is 33.1 Å². The van der Waals surface area contributed by atoms with E-state index < -0.39 is 12.2 Å². The number of hydrogen-bond donors (Lipinski definition) is 0. The van der Waals surface area contributed by atoms with Crippen LogP contribution in [-0.4, -0.2) is 33.4 Å². The molecule has 34 heavy (non-hydrogen) atoms. The Morgan fingerprint density at radius 1 is 0.912 bits per heavy atom. The molecule has 1 aliphatic rings. The largest absolute Gasteiger partial charge is 0.497 e. The molecule has 6 nitrogen and oxygen atoms in total. The van der Waals surface area contributed by atoms with Crippen molar-refractivity contribution in [2.24, 2.45) is 0 Å². The van der Waals surface area contributed by atoms with Crippen LogP contribution in [0.1, 0.15) is 35.0 Å². The molecule has 3 atom stereocenters. The third kappa shape index (κ3) is 4.94. The summed E-state index contributed by atoms with van der Waals surface area (Å²) in [5.74, 6) is 2.81. The van der Waals surface area contributed by atoms with Gasteiger partial charge in [-0.1, -0.05) is 48.5 Å². The van der Waals surface area contributed by atoms with Crippen LogP contribution >= 0.6 is 11.8 Å². The molecule has 0 aliphatic carbocycles. The van der Waals surface area contributed by atoms with Gasteiger partial charge < -0.3 is 23.7 Å². The highest BCUT2D eigenvalue weighted by atomic mass is 32.2. The van der Waals surface area contributed by atoms with Crippen LogP contribution < -0.4 is 18.9 Å². The first-order valence-corrected chi connectivity index (χ1v) is 12.0. The van der Waals surface area contributed by atoms with Crippen molar-refractivity contribution in [2.45, 2.75) is 30.1 Å². The Morgan fingerprint density at radius 2 is 1.65 bits per heavy atom. The molecular formula is C27H28O6S. The maximum Gasteiger partial charge on any atom is 0.303 e. The normalized spacial score (nSPS) is 18.9. The number of methoxy groups -OCH3 is 3. The molecular weight excluding hydrogens is 452 g/mol. The first-order valence-electron chi connectivity index (χ1n) is 10.9. The number of ether oxygens (including phenoxy) is 5. The number of rotatable bonds is 8. The fourth-order valence-corrected chi connectivity index (χ4v) is 5.42. The number of thioether (sulfide) groups is 1. The molecule has 3 aromatic rings. The van der Waals surface area contributed by atoms with E-state index in [0.717, 1.165) is 22.6 Å². The predicted molar refractivity (Wildman–Crippen MR) is 132 cm³/mol. The monoisotopic (exact) mass is 480 g/mol. The lowest BCUT2D eigenvalue weighted by molar-refractivity contribution is -0.152. The van der Waals surface area contributed by atoms with Crippen LogP contribution in [0.5, 0.6) is 23.0 Å². The van der Waals surface area contributed by atoms with Crippen molar-refractivity contribution >= 4 is 17.7 Å². The predicted octanol–water partition coefficient (Wildman–Crippen LogP) is 5.75. The third-order valence-electron chi connectivity index (χ3n) is 5.70. The van der Waals surface area contributed by atoms with Gasteiger partial charge in [0, 0.05) is 18.2 Å². The van der Waals surface area contributed by atoms with Gasteiger partial charge in [0.1, 0.15) is 5.75 Å². The van der Waals surface area contributed by atoms with Crippen molar-refractivity contribution in [3.05, 3.63) is 83.4 Å². The van der Waals surface area contributed by atoms with Gasteiger partial charge in [-0.3, -0.25) is 4.79 Å². The summed E-state index contributed by atoms with van der Waals surface area (Å²) in [5.41, 5.74) is 2.95. The van der Waals surface area contributed by atoms with E-state index in [2.05, 4.69) is 12.1 Å². The van der Waals surface area contributed by atoms with Gasteiger partial charge in [-0.25, -0.2) is 0 Å². The lowest BCUT2D eigenvalue weighted by atomic mass is 9.93. The highest BCUT2D eigenvalue weighted by molar-refractivity contribution is 7.98. The zero-order valence-electron chi connectivity index (χ0n) is 19.6. The zero-order valence-corrected chi connectivity index (χ0v) is 20.5. The Bertz CT molecular complexity index is 1120. The maximum atomic E-state index is 12.2. The molecule has 0 fully saturated rings. The molecule has 0 saturated heterocycles. The summed E-state index contributed by atoms with van der Waals surface area (Å²) in [6.07, 6.45) is -1.10. The summed E-state index contributed by atoms with van der Waals surface area (Å²) in [5, 5.41) is -0.195. The lowest BCUT2D eigenvalue weighted by Crippen LogP contribution is -2.37. The molecule has 0 radical (unpaired) electrons. The van der Waals surface area contributed by atoms with Crippen LogP contribution in [0, 0.1) is 0 Å². The first kappa shape index (κ1) is 23.8. The van der Waals surface area contributed by atoms with E-state index in [1.807, 2.05) is 54.6 Å². The lowest BCUT2D eigenvalue weighted by Gasteiger charge is -2.39. The average molecular weight is 481 g/mol. The van der Waals surface area contributed by atoms with Crippen molar-refractivity contribution in [3.8, 4) is 23.0 Å². The van der Waals surface area contributed by atoms with Crippen LogP contribution in [0.3, 0.4) is 0 Å². The summed E-state index contributed by atoms with van der Waals surface area (Å²) in [6, 6.07) is 21.6. The number of fused-ring (bicyclic) bond motifs is 1. The van der Waals surface area contributed by atoms with E-state index >= 15 is 0 Å². The van der Waals surface area contributed by atoms with Crippen molar-refractivity contribution in [1.82, 2.24) is 0 Å². The van der Waals surface area contributed by atoms with E-state index in [1.165, 1.54) is 12.5 Å². The fraction of sp³-hybridized carbons (Fsp3) is 0.296. The molecule has 178 valence electrons. The Hall–Kier alpha value is -3.32. The Morgan fingerprint density at radius 3 is 2.26 bits per heavy atom. The standard InChI is InChI=1S/C27H28O6S/c1-17(28)32-26-23(19-10-12-20(29-2)13-11-19)33-24-21(14-15-22(30-3)25(24)31-4)27(26)34-16-18-8-6-5-7-9-18/h5-15,23,26-27H,16H2,1-4H3/t23-,26+,27-/m1/s1. The number of benzene rings is 3. The second-order valence-corrected chi connectivity index (χ2v) is 8.95. The minimum absolute atomic E-state index is 0.195.